The minimum Gasteiger partial charge on any atom is -0.321 e. The highest BCUT2D eigenvalue weighted by molar-refractivity contribution is 7.90. The van der Waals surface area contributed by atoms with Gasteiger partial charge in [-0.1, -0.05) is 25.4 Å². The number of nitrogens with zero attached hydrogens (tertiary/aromatic N) is 1. The number of carbonyl (C=O) groups is 1. The van der Waals surface area contributed by atoms with Crippen LogP contribution in [0.5, 0.6) is 0 Å². The van der Waals surface area contributed by atoms with Gasteiger partial charge in [-0.15, -0.1) is 0 Å². The molecule has 206 valence electrons. The van der Waals surface area contributed by atoms with Crippen LogP contribution < -0.4 is 15.6 Å². The molecule has 0 saturated heterocycles. The van der Waals surface area contributed by atoms with Crippen molar-refractivity contribution in [2.45, 2.75) is 36.5 Å². The van der Waals surface area contributed by atoms with Crippen molar-refractivity contribution in [2.24, 2.45) is 0 Å². The maximum Gasteiger partial charge on any atom is 0.361 e. The number of benzene rings is 2. The number of nitrogens with one attached hydrogen (secondary N) is 2. The molecule has 3 rings (SSSR count). The molecule has 38 heavy (non-hydrogen) atoms. The summed E-state index contributed by atoms with van der Waals surface area (Å²) in [6.07, 6.45) is 1.23. The van der Waals surface area contributed by atoms with Crippen molar-refractivity contribution in [3.63, 3.8) is 0 Å². The van der Waals surface area contributed by atoms with E-state index in [1.54, 1.807) is 0 Å². The summed E-state index contributed by atoms with van der Waals surface area (Å²) in [5, 5.41) is -1.30. The van der Waals surface area contributed by atoms with Crippen LogP contribution in [-0.4, -0.2) is 54.9 Å². The number of hydrogen-bond acceptors (Lipinski definition) is 7. The molecule has 3 aromatic rings. The Morgan fingerprint density at radius 3 is 2.13 bits per heavy atom. The molecule has 16 heteroatoms. The molecule has 4 N–H and O–H groups in total. The average molecular weight is 606 g/mol. The maximum atomic E-state index is 12.9. The Kier molecular flexibility index (Phi) is 8.88. The lowest BCUT2D eigenvalue weighted by Crippen LogP contribution is -2.33. The normalized spacial score (nSPS) is 12.7. The highest BCUT2D eigenvalue weighted by Gasteiger charge is 2.27. The SMILES string of the molecule is CCCN(CCC)S(=O)(=O)c1ccc(C(=O)NS(=O)(=O)c2cc3cc(P(=O)(O)O)c(=O)[nH]c3cc2Cl)cc1. The molecule has 0 saturated carbocycles. The smallest absolute Gasteiger partial charge is 0.321 e. The van der Waals surface area contributed by atoms with E-state index < -0.39 is 49.3 Å². The van der Waals surface area contributed by atoms with E-state index in [0.717, 1.165) is 18.2 Å². The average Bonchev–Trinajstić information content (AvgIpc) is 2.82. The molecule has 0 radical (unpaired) electrons. The van der Waals surface area contributed by atoms with Gasteiger partial charge in [-0.05, 0) is 55.3 Å². The first kappa shape index (κ1) is 30.0. The second kappa shape index (κ2) is 11.3. The molecule has 1 amide bonds. The van der Waals surface area contributed by atoms with Crippen molar-refractivity contribution in [2.75, 3.05) is 13.1 Å². The number of sulfonamides is 2. The number of hydrogen-bond donors (Lipinski definition) is 4. The zero-order chi connectivity index (χ0) is 28.5. The topological polar surface area (TPSA) is 191 Å². The molecule has 0 unspecified atom stereocenters. The molecule has 0 aliphatic heterocycles. The molecule has 12 nitrogen and oxygen atoms in total. The van der Waals surface area contributed by atoms with Gasteiger partial charge in [0, 0.05) is 29.6 Å². The second-order valence-corrected chi connectivity index (χ2v) is 13.8. The standard InChI is InChI=1S/C22H25ClN3O9PS2/c1-3-9-26(10-4-2)38(34,35)16-7-5-14(6-8-16)21(27)25-37(32,33)20-12-15-11-19(36(29,30)31)22(28)24-18(15)13-17(20)23/h5-8,11-13H,3-4,9-10H2,1-2H3,(H,24,28)(H,25,27)(H2,29,30,31). The summed E-state index contributed by atoms with van der Waals surface area (Å²) >= 11 is 6.07. The summed E-state index contributed by atoms with van der Waals surface area (Å²) in [5.74, 6) is -1.07. The highest BCUT2D eigenvalue weighted by Crippen LogP contribution is 2.33. The summed E-state index contributed by atoms with van der Waals surface area (Å²) in [6.45, 7) is 4.35. The van der Waals surface area contributed by atoms with E-state index in [-0.39, 0.29) is 26.4 Å². The number of rotatable bonds is 10. The molecule has 0 bridgehead atoms. The lowest BCUT2D eigenvalue weighted by Gasteiger charge is -2.21. The predicted octanol–water partition coefficient (Wildman–Crippen LogP) is 1.91. The molecule has 1 heterocycles. The first-order valence-electron chi connectivity index (χ1n) is 11.2. The molecular formula is C22H25ClN3O9PS2. The molecule has 0 aliphatic rings. The summed E-state index contributed by atoms with van der Waals surface area (Å²) in [6, 6.07) is 7.62. The third kappa shape index (κ3) is 6.34. The van der Waals surface area contributed by atoms with Gasteiger partial charge in [-0.3, -0.25) is 14.2 Å². The number of amides is 1. The van der Waals surface area contributed by atoms with E-state index in [1.807, 2.05) is 18.6 Å². The Morgan fingerprint density at radius 2 is 1.61 bits per heavy atom. The number of fused-ring (bicyclic) bond motifs is 1. The maximum absolute atomic E-state index is 12.9. The zero-order valence-corrected chi connectivity index (χ0v) is 23.5. The van der Waals surface area contributed by atoms with Crippen LogP contribution in [0.15, 0.2) is 57.1 Å². The van der Waals surface area contributed by atoms with Crippen LogP contribution in [0.2, 0.25) is 5.02 Å². The van der Waals surface area contributed by atoms with Crippen LogP contribution in [0.25, 0.3) is 10.9 Å². The minimum atomic E-state index is -4.96. The summed E-state index contributed by atoms with van der Waals surface area (Å²) < 4.78 is 66.4. The number of aromatic amines is 1. The summed E-state index contributed by atoms with van der Waals surface area (Å²) in [4.78, 5) is 45.0. The van der Waals surface area contributed by atoms with E-state index in [4.69, 9.17) is 11.6 Å². The largest absolute Gasteiger partial charge is 0.361 e. The molecule has 0 aliphatic carbocycles. The van der Waals surface area contributed by atoms with E-state index in [9.17, 15) is 40.8 Å². The summed E-state index contributed by atoms with van der Waals surface area (Å²) in [5.41, 5.74) is -1.20. The first-order valence-corrected chi connectivity index (χ1v) is 16.1. The lowest BCUT2D eigenvalue weighted by molar-refractivity contribution is 0.0981. The molecule has 0 fully saturated rings. The monoisotopic (exact) mass is 605 g/mol. The Bertz CT molecular complexity index is 1690. The fourth-order valence-corrected chi connectivity index (χ4v) is 7.42. The van der Waals surface area contributed by atoms with Gasteiger partial charge in [0.1, 0.15) is 10.2 Å². The van der Waals surface area contributed by atoms with Gasteiger partial charge in [0.15, 0.2) is 0 Å². The summed E-state index contributed by atoms with van der Waals surface area (Å²) in [7, 11) is -13.4. The molecule has 2 aromatic carbocycles. The molecular weight excluding hydrogens is 581 g/mol. The number of aromatic nitrogens is 1. The van der Waals surface area contributed by atoms with E-state index >= 15 is 0 Å². The molecule has 1 aromatic heterocycles. The van der Waals surface area contributed by atoms with Crippen molar-refractivity contribution in [3.8, 4) is 0 Å². The van der Waals surface area contributed by atoms with Gasteiger partial charge in [-0.2, -0.15) is 4.31 Å². The van der Waals surface area contributed by atoms with Gasteiger partial charge in [0.25, 0.3) is 21.5 Å². The third-order valence-corrected chi connectivity index (χ3v) is 10.1. The van der Waals surface area contributed by atoms with Crippen LogP contribution in [0, 0.1) is 0 Å². The van der Waals surface area contributed by atoms with Gasteiger partial charge in [-0.25, -0.2) is 21.6 Å². The van der Waals surface area contributed by atoms with Crippen LogP contribution in [0.1, 0.15) is 37.0 Å². The first-order chi connectivity index (χ1) is 17.6. The minimum absolute atomic E-state index is 0.0134. The second-order valence-electron chi connectivity index (χ2n) is 8.26. The third-order valence-electron chi connectivity index (χ3n) is 5.41. The van der Waals surface area contributed by atoms with Crippen molar-refractivity contribution in [3.05, 3.63) is 63.4 Å². The van der Waals surface area contributed by atoms with E-state index in [2.05, 4.69) is 4.98 Å². The Labute approximate surface area is 223 Å². The van der Waals surface area contributed by atoms with Crippen LogP contribution in [0.4, 0.5) is 0 Å². The Morgan fingerprint density at radius 1 is 1.03 bits per heavy atom. The van der Waals surface area contributed by atoms with Gasteiger partial charge < -0.3 is 14.8 Å². The quantitative estimate of drug-likeness (QED) is 0.250. The number of halogens is 1. The highest BCUT2D eigenvalue weighted by atomic mass is 35.5. The Balaban J connectivity index is 1.92. The van der Waals surface area contributed by atoms with Crippen LogP contribution >= 0.6 is 19.2 Å². The fourth-order valence-electron chi connectivity index (χ4n) is 3.63. The van der Waals surface area contributed by atoms with Crippen LogP contribution in [0.3, 0.4) is 0 Å². The molecule has 0 atom stereocenters. The zero-order valence-electron chi connectivity index (χ0n) is 20.2. The van der Waals surface area contributed by atoms with E-state index in [0.29, 0.717) is 25.9 Å². The van der Waals surface area contributed by atoms with Gasteiger partial charge >= 0.3 is 7.60 Å². The number of pyridine rings is 1. The Hall–Kier alpha value is -2.58. The number of carbonyl (C=O) groups excluding carboxylic acids is 1. The lowest BCUT2D eigenvalue weighted by atomic mass is 10.2. The van der Waals surface area contributed by atoms with Gasteiger partial charge in [0.2, 0.25) is 10.0 Å². The van der Waals surface area contributed by atoms with Crippen LogP contribution in [-0.2, 0) is 24.6 Å². The predicted molar refractivity (Wildman–Crippen MR) is 142 cm³/mol. The van der Waals surface area contributed by atoms with Crippen molar-refractivity contribution >= 4 is 61.4 Å². The molecule has 0 spiro atoms. The van der Waals surface area contributed by atoms with Crippen molar-refractivity contribution in [1.82, 2.24) is 14.0 Å². The van der Waals surface area contributed by atoms with Crippen molar-refractivity contribution < 1.29 is 36.0 Å². The van der Waals surface area contributed by atoms with Crippen molar-refractivity contribution in [1.29, 1.82) is 0 Å². The van der Waals surface area contributed by atoms with E-state index in [1.165, 1.54) is 28.6 Å². The fraction of sp³-hybridized carbons (Fsp3) is 0.273. The number of H-pyrrole nitrogens is 1. The van der Waals surface area contributed by atoms with Gasteiger partial charge in [0.05, 0.1) is 9.92 Å².